The maximum atomic E-state index is 14.4. The van der Waals surface area contributed by atoms with Crippen molar-refractivity contribution in [3.63, 3.8) is 0 Å². The number of carboxylic acid groups (broad SMARTS) is 1. The molecule has 3 aromatic rings. The Balaban J connectivity index is 1.82. The highest BCUT2D eigenvalue weighted by molar-refractivity contribution is 7.89. The molecule has 0 unspecified atom stereocenters. The van der Waals surface area contributed by atoms with Crippen LogP contribution in [-0.4, -0.2) is 35.6 Å². The van der Waals surface area contributed by atoms with E-state index in [4.69, 9.17) is 11.6 Å². The van der Waals surface area contributed by atoms with Crippen LogP contribution in [0.2, 0.25) is 5.02 Å². The number of aliphatic carboxylic acids is 1. The Labute approximate surface area is 241 Å². The molecule has 3 atom stereocenters. The number of ketones is 1. The van der Waals surface area contributed by atoms with E-state index in [1.54, 1.807) is 61.5 Å². The highest BCUT2D eigenvalue weighted by Gasteiger charge is 2.49. The summed E-state index contributed by atoms with van der Waals surface area (Å²) < 4.78 is 30.1. The van der Waals surface area contributed by atoms with Crippen molar-refractivity contribution in [2.24, 2.45) is 11.3 Å². The lowest BCUT2D eigenvalue weighted by molar-refractivity contribution is -0.143. The minimum atomic E-state index is -4.09. The predicted molar refractivity (Wildman–Crippen MR) is 157 cm³/mol. The second kappa shape index (κ2) is 11.7. The maximum Gasteiger partial charge on any atom is 0.307 e. The number of nitrogens with zero attached hydrogens (tertiary/aromatic N) is 1. The summed E-state index contributed by atoms with van der Waals surface area (Å²) in [6, 6.07) is 21.1. The number of halogens is 1. The van der Waals surface area contributed by atoms with Crippen LogP contribution >= 0.6 is 11.6 Å². The van der Waals surface area contributed by atoms with Gasteiger partial charge in [-0.25, -0.2) is 8.42 Å². The van der Waals surface area contributed by atoms with Crippen LogP contribution in [0.25, 0.3) is 0 Å². The molecule has 1 N–H and O–H groups in total. The van der Waals surface area contributed by atoms with E-state index in [1.807, 2.05) is 51.1 Å². The van der Waals surface area contributed by atoms with Gasteiger partial charge in [-0.2, -0.15) is 4.31 Å². The third kappa shape index (κ3) is 6.22. The fraction of sp³-hybridized carbons (Fsp3) is 0.312. The monoisotopic (exact) mass is 579 g/mol. The zero-order chi connectivity index (χ0) is 29.2. The third-order valence-corrected chi connectivity index (χ3v) is 9.57. The fourth-order valence-corrected chi connectivity index (χ4v) is 7.48. The van der Waals surface area contributed by atoms with E-state index in [1.165, 1.54) is 4.31 Å². The lowest BCUT2D eigenvalue weighted by atomic mass is 9.86. The summed E-state index contributed by atoms with van der Waals surface area (Å²) >= 11 is 6.16. The van der Waals surface area contributed by atoms with Gasteiger partial charge < -0.3 is 5.11 Å². The number of hydrogen-bond acceptors (Lipinski definition) is 4. The van der Waals surface area contributed by atoms with Gasteiger partial charge in [0.15, 0.2) is 5.78 Å². The summed E-state index contributed by atoms with van der Waals surface area (Å²) in [5, 5.41) is 10.5. The van der Waals surface area contributed by atoms with Gasteiger partial charge in [-0.3, -0.25) is 9.59 Å². The molecule has 40 heavy (non-hydrogen) atoms. The Morgan fingerprint density at radius 2 is 1.55 bits per heavy atom. The largest absolute Gasteiger partial charge is 0.481 e. The van der Waals surface area contributed by atoms with E-state index in [9.17, 15) is 23.1 Å². The second-order valence-corrected chi connectivity index (χ2v) is 13.6. The van der Waals surface area contributed by atoms with Crippen LogP contribution in [0.1, 0.15) is 49.9 Å². The quantitative estimate of drug-likeness (QED) is 0.307. The van der Waals surface area contributed by atoms with Crippen LogP contribution in [-0.2, 0) is 26.0 Å². The van der Waals surface area contributed by atoms with Crippen LogP contribution in [0.3, 0.4) is 0 Å². The SMILES string of the molecule is Cc1ccccc1S(=O)(=O)N1[C@@H](c2ccc(Cl)cc2)C(C(=O)C[C@@H](Cc2ccccc2)C(=O)O)=C[C@H]1C(C)(C)C. The van der Waals surface area contributed by atoms with E-state index in [0.717, 1.165) is 5.56 Å². The molecule has 0 aromatic heterocycles. The first-order chi connectivity index (χ1) is 18.8. The molecule has 0 radical (unpaired) electrons. The van der Waals surface area contributed by atoms with E-state index < -0.39 is 39.4 Å². The number of hydrogen-bond donors (Lipinski definition) is 1. The fourth-order valence-electron chi connectivity index (χ4n) is 5.22. The first-order valence-corrected chi connectivity index (χ1v) is 15.0. The number of aryl methyl sites for hydroxylation is 1. The molecule has 3 aromatic carbocycles. The first kappa shape index (κ1) is 29.7. The Morgan fingerprint density at radius 1 is 0.950 bits per heavy atom. The van der Waals surface area contributed by atoms with Crippen molar-refractivity contribution in [2.45, 2.75) is 57.5 Å². The van der Waals surface area contributed by atoms with Crippen LogP contribution < -0.4 is 0 Å². The minimum Gasteiger partial charge on any atom is -0.481 e. The molecule has 1 aliphatic rings. The van der Waals surface area contributed by atoms with Crippen molar-refractivity contribution in [3.05, 3.63) is 112 Å². The van der Waals surface area contributed by atoms with E-state index >= 15 is 0 Å². The van der Waals surface area contributed by atoms with E-state index in [2.05, 4.69) is 0 Å². The second-order valence-electron chi connectivity index (χ2n) is 11.3. The third-order valence-electron chi connectivity index (χ3n) is 7.31. The van der Waals surface area contributed by atoms with Crippen LogP contribution in [0.4, 0.5) is 0 Å². The molecule has 210 valence electrons. The maximum absolute atomic E-state index is 14.4. The molecule has 0 fully saturated rings. The highest BCUT2D eigenvalue weighted by atomic mass is 35.5. The summed E-state index contributed by atoms with van der Waals surface area (Å²) in [7, 11) is -4.09. The smallest absolute Gasteiger partial charge is 0.307 e. The van der Waals surface area contributed by atoms with Gasteiger partial charge in [0.05, 0.1) is 16.9 Å². The topological polar surface area (TPSA) is 91.8 Å². The van der Waals surface area contributed by atoms with Gasteiger partial charge >= 0.3 is 5.97 Å². The Bertz CT molecular complexity index is 1530. The van der Waals surface area contributed by atoms with Gasteiger partial charge in [0.25, 0.3) is 0 Å². The van der Waals surface area contributed by atoms with Crippen molar-refractivity contribution < 1.29 is 23.1 Å². The van der Waals surface area contributed by atoms with Crippen molar-refractivity contribution in [1.82, 2.24) is 4.31 Å². The molecule has 0 saturated carbocycles. The van der Waals surface area contributed by atoms with Gasteiger partial charge in [-0.05, 0) is 53.6 Å². The number of carbonyl (C=O) groups is 2. The summed E-state index contributed by atoms with van der Waals surface area (Å²) in [6.45, 7) is 7.52. The molecule has 8 heteroatoms. The molecule has 1 heterocycles. The van der Waals surface area contributed by atoms with Gasteiger partial charge in [0.1, 0.15) is 0 Å². The average Bonchev–Trinajstić information content (AvgIpc) is 3.32. The molecule has 4 rings (SSSR count). The Hall–Kier alpha value is -3.26. The minimum absolute atomic E-state index is 0.165. The number of carboxylic acids is 1. The molecular weight excluding hydrogens is 546 g/mol. The molecular formula is C32H34ClNO5S. The summed E-state index contributed by atoms with van der Waals surface area (Å²) in [6.07, 6.45) is 1.66. The van der Waals surface area contributed by atoms with Crippen LogP contribution in [0, 0.1) is 18.3 Å². The molecule has 0 bridgehead atoms. The van der Waals surface area contributed by atoms with Gasteiger partial charge in [-0.15, -0.1) is 0 Å². The van der Waals surface area contributed by atoms with Gasteiger partial charge in [0.2, 0.25) is 10.0 Å². The van der Waals surface area contributed by atoms with Crippen LogP contribution in [0.5, 0.6) is 0 Å². The van der Waals surface area contributed by atoms with Crippen LogP contribution in [0.15, 0.2) is 95.4 Å². The van der Waals surface area contributed by atoms with Gasteiger partial charge in [-0.1, -0.05) is 99.1 Å². The predicted octanol–water partition coefficient (Wildman–Crippen LogP) is 6.64. The lowest BCUT2D eigenvalue weighted by Crippen LogP contribution is -2.45. The zero-order valence-corrected chi connectivity index (χ0v) is 24.6. The number of carbonyl (C=O) groups excluding carboxylic acids is 1. The highest BCUT2D eigenvalue weighted by Crippen LogP contribution is 2.47. The normalized spacial score (nSPS) is 18.8. The molecule has 0 aliphatic carbocycles. The Kier molecular flexibility index (Phi) is 8.69. The standard InChI is InChI=1S/C32H34ClNO5S/c1-21-10-8-9-13-28(21)40(38,39)34-29(32(2,3)4)20-26(30(34)23-14-16-25(33)17-15-23)27(35)19-24(31(36)37)18-22-11-6-5-7-12-22/h5-17,20,24,29-30H,18-19H2,1-4H3,(H,36,37)/t24-,29+,30+/m1/s1. The zero-order valence-electron chi connectivity index (χ0n) is 23.0. The van der Waals surface area contributed by atoms with Gasteiger partial charge in [0, 0.05) is 23.1 Å². The molecule has 1 aliphatic heterocycles. The molecule has 0 amide bonds. The lowest BCUT2D eigenvalue weighted by Gasteiger charge is -2.37. The van der Waals surface area contributed by atoms with Crippen molar-refractivity contribution in [1.29, 1.82) is 0 Å². The van der Waals surface area contributed by atoms with E-state index in [0.29, 0.717) is 16.1 Å². The summed E-state index contributed by atoms with van der Waals surface area (Å²) in [5.74, 6) is -2.42. The first-order valence-electron chi connectivity index (χ1n) is 13.2. The van der Waals surface area contributed by atoms with Crippen molar-refractivity contribution in [3.8, 4) is 0 Å². The van der Waals surface area contributed by atoms with E-state index in [-0.39, 0.29) is 29.1 Å². The molecule has 6 nitrogen and oxygen atoms in total. The number of rotatable bonds is 9. The summed E-state index contributed by atoms with van der Waals surface area (Å²) in [4.78, 5) is 26.4. The van der Waals surface area contributed by atoms with Crippen molar-refractivity contribution >= 4 is 33.4 Å². The average molecular weight is 580 g/mol. The molecule has 0 spiro atoms. The Morgan fingerprint density at radius 3 is 2.12 bits per heavy atom. The molecule has 0 saturated heterocycles. The number of Topliss-reactive ketones (excluding diaryl/α,β-unsaturated/α-hetero) is 1. The summed E-state index contributed by atoms with van der Waals surface area (Å²) in [5.41, 5.74) is 1.70. The van der Waals surface area contributed by atoms with Crippen molar-refractivity contribution in [2.75, 3.05) is 0 Å². The number of sulfonamides is 1. The number of benzene rings is 3.